The minimum absolute atomic E-state index is 0.0141. The maximum Gasteiger partial charge on any atom is 0.215 e. The molecule has 0 aliphatic rings. The number of aliphatic imine (C=N–C) groups is 1. The normalized spacial score (nSPS) is 12.2. The van der Waals surface area contributed by atoms with E-state index < -0.39 is 10.0 Å². The minimum Gasteiger partial charge on any atom is -0.356 e. The lowest BCUT2D eigenvalue weighted by Crippen LogP contribution is -2.37. The second kappa shape index (κ2) is 11.3. The molecule has 1 aromatic rings. The molecule has 0 fully saturated rings. The van der Waals surface area contributed by atoms with Gasteiger partial charge in [0.15, 0.2) is 5.96 Å². The van der Waals surface area contributed by atoms with Crippen molar-refractivity contribution in [2.45, 2.75) is 25.1 Å². The number of unbranched alkanes of at least 4 members (excludes halogenated alkanes) is 1. The van der Waals surface area contributed by atoms with E-state index in [0.29, 0.717) is 6.54 Å². The van der Waals surface area contributed by atoms with Gasteiger partial charge in [-0.2, -0.15) is 11.8 Å². The van der Waals surface area contributed by atoms with E-state index in [2.05, 4.69) is 26.6 Å². The molecule has 0 radical (unpaired) electrons. The fourth-order valence-electron chi connectivity index (χ4n) is 2.11. The summed E-state index contributed by atoms with van der Waals surface area (Å²) in [6.45, 7) is 1.48. The summed E-state index contributed by atoms with van der Waals surface area (Å²) in [5.41, 5.74) is 1.78. The van der Waals surface area contributed by atoms with Crippen LogP contribution in [0.3, 0.4) is 0 Å². The Morgan fingerprint density at radius 3 is 2.62 bits per heavy atom. The SMILES string of the molecule is CN=C(NCCCCSC)NCc1cccc(CS(=O)(=O)NC)c1. The number of guanidine groups is 1. The molecule has 0 aliphatic heterocycles. The summed E-state index contributed by atoms with van der Waals surface area (Å²) < 4.78 is 25.6. The van der Waals surface area contributed by atoms with E-state index in [1.807, 2.05) is 36.0 Å². The zero-order chi connectivity index (χ0) is 17.8. The van der Waals surface area contributed by atoms with Crippen LogP contribution >= 0.6 is 11.8 Å². The summed E-state index contributed by atoms with van der Waals surface area (Å²) in [5.74, 6) is 1.92. The zero-order valence-electron chi connectivity index (χ0n) is 14.6. The molecule has 0 bridgehead atoms. The first-order valence-electron chi connectivity index (χ1n) is 7.93. The van der Waals surface area contributed by atoms with Gasteiger partial charge in [-0.25, -0.2) is 13.1 Å². The fraction of sp³-hybridized carbons (Fsp3) is 0.562. The maximum absolute atomic E-state index is 11.6. The highest BCUT2D eigenvalue weighted by Gasteiger charge is 2.08. The van der Waals surface area contributed by atoms with Gasteiger partial charge in [0.05, 0.1) is 5.75 Å². The number of nitrogens with one attached hydrogen (secondary N) is 3. The predicted molar refractivity (Wildman–Crippen MR) is 104 cm³/mol. The number of hydrogen-bond donors (Lipinski definition) is 3. The minimum atomic E-state index is -3.25. The van der Waals surface area contributed by atoms with Crippen LogP contribution in [0.25, 0.3) is 0 Å². The molecule has 0 aromatic heterocycles. The van der Waals surface area contributed by atoms with Crippen molar-refractivity contribution >= 4 is 27.7 Å². The van der Waals surface area contributed by atoms with Crippen LogP contribution in [0, 0.1) is 0 Å². The highest BCUT2D eigenvalue weighted by atomic mass is 32.2. The lowest BCUT2D eigenvalue weighted by molar-refractivity contribution is 0.587. The van der Waals surface area contributed by atoms with E-state index >= 15 is 0 Å². The van der Waals surface area contributed by atoms with E-state index in [-0.39, 0.29) is 5.75 Å². The monoisotopic (exact) mass is 372 g/mol. The first-order valence-corrected chi connectivity index (χ1v) is 11.0. The number of hydrogen-bond acceptors (Lipinski definition) is 4. The Kier molecular flexibility index (Phi) is 9.82. The molecule has 0 saturated heterocycles. The molecule has 3 N–H and O–H groups in total. The molecule has 0 atom stereocenters. The Labute approximate surface area is 150 Å². The highest BCUT2D eigenvalue weighted by Crippen LogP contribution is 2.08. The predicted octanol–water partition coefficient (Wildman–Crippen LogP) is 1.54. The van der Waals surface area contributed by atoms with Crippen LogP contribution in [0.15, 0.2) is 29.3 Å². The van der Waals surface area contributed by atoms with Gasteiger partial charge in [-0.15, -0.1) is 0 Å². The average molecular weight is 373 g/mol. The lowest BCUT2D eigenvalue weighted by Gasteiger charge is -2.12. The Morgan fingerprint density at radius 2 is 1.96 bits per heavy atom. The highest BCUT2D eigenvalue weighted by molar-refractivity contribution is 7.98. The first-order chi connectivity index (χ1) is 11.5. The van der Waals surface area contributed by atoms with E-state index in [1.54, 1.807) is 7.05 Å². The number of benzene rings is 1. The second-order valence-electron chi connectivity index (χ2n) is 5.34. The van der Waals surface area contributed by atoms with Gasteiger partial charge in [-0.3, -0.25) is 4.99 Å². The van der Waals surface area contributed by atoms with Gasteiger partial charge in [-0.1, -0.05) is 24.3 Å². The van der Waals surface area contributed by atoms with Crippen molar-refractivity contribution in [1.29, 1.82) is 0 Å². The van der Waals surface area contributed by atoms with Gasteiger partial charge < -0.3 is 10.6 Å². The largest absolute Gasteiger partial charge is 0.356 e. The number of nitrogens with zero attached hydrogens (tertiary/aromatic N) is 1. The third-order valence-electron chi connectivity index (χ3n) is 3.41. The van der Waals surface area contributed by atoms with Crippen LogP contribution in [0.4, 0.5) is 0 Å². The number of sulfonamides is 1. The van der Waals surface area contributed by atoms with Crippen molar-refractivity contribution in [2.24, 2.45) is 4.99 Å². The maximum atomic E-state index is 11.6. The topological polar surface area (TPSA) is 82.6 Å². The molecule has 1 rings (SSSR count). The third kappa shape index (κ3) is 8.56. The summed E-state index contributed by atoms with van der Waals surface area (Å²) in [7, 11) is -0.0838. The summed E-state index contributed by atoms with van der Waals surface area (Å²) in [6.07, 6.45) is 4.41. The van der Waals surface area contributed by atoms with Gasteiger partial charge in [0, 0.05) is 20.1 Å². The zero-order valence-corrected chi connectivity index (χ0v) is 16.3. The molecule has 0 amide bonds. The molecule has 24 heavy (non-hydrogen) atoms. The molecule has 0 aliphatic carbocycles. The molecular weight excluding hydrogens is 344 g/mol. The van der Waals surface area contributed by atoms with Crippen molar-refractivity contribution in [3.63, 3.8) is 0 Å². The molecule has 136 valence electrons. The van der Waals surface area contributed by atoms with Crippen LogP contribution in [-0.2, 0) is 22.3 Å². The first kappa shape index (κ1) is 20.8. The van der Waals surface area contributed by atoms with E-state index in [1.165, 1.54) is 19.2 Å². The van der Waals surface area contributed by atoms with E-state index in [9.17, 15) is 8.42 Å². The Morgan fingerprint density at radius 1 is 1.21 bits per heavy atom. The molecule has 0 spiro atoms. The molecule has 0 saturated carbocycles. The van der Waals surface area contributed by atoms with Crippen molar-refractivity contribution in [1.82, 2.24) is 15.4 Å². The quantitative estimate of drug-likeness (QED) is 0.330. The molecule has 1 aromatic carbocycles. The van der Waals surface area contributed by atoms with Crippen molar-refractivity contribution in [3.05, 3.63) is 35.4 Å². The Hall–Kier alpha value is -1.25. The van der Waals surface area contributed by atoms with Gasteiger partial charge >= 0.3 is 0 Å². The molecule has 0 heterocycles. The summed E-state index contributed by atoms with van der Waals surface area (Å²) >= 11 is 1.86. The van der Waals surface area contributed by atoms with Crippen molar-refractivity contribution < 1.29 is 8.42 Å². The van der Waals surface area contributed by atoms with Gasteiger partial charge in [0.2, 0.25) is 10.0 Å². The molecule has 6 nitrogen and oxygen atoms in total. The third-order valence-corrected chi connectivity index (χ3v) is 5.44. The van der Waals surface area contributed by atoms with Gasteiger partial charge in [-0.05, 0) is 43.0 Å². The van der Waals surface area contributed by atoms with Crippen LogP contribution in [0.1, 0.15) is 24.0 Å². The summed E-state index contributed by atoms with van der Waals surface area (Å²) in [5, 5.41) is 6.53. The lowest BCUT2D eigenvalue weighted by atomic mass is 10.1. The van der Waals surface area contributed by atoms with Crippen LogP contribution in [0.2, 0.25) is 0 Å². The standard InChI is InChI=1S/C16H28N4O2S2/c1-17-16(19-9-4-5-10-23-3)20-12-14-7-6-8-15(11-14)13-24(21,22)18-2/h6-8,11,18H,4-5,9-10,12-13H2,1-3H3,(H2,17,19,20). The average Bonchev–Trinajstić information content (AvgIpc) is 2.57. The van der Waals surface area contributed by atoms with Crippen LogP contribution in [-0.4, -0.2) is 47.0 Å². The van der Waals surface area contributed by atoms with Crippen LogP contribution < -0.4 is 15.4 Å². The van der Waals surface area contributed by atoms with Crippen molar-refractivity contribution in [2.75, 3.05) is 32.6 Å². The van der Waals surface area contributed by atoms with Crippen molar-refractivity contribution in [3.8, 4) is 0 Å². The van der Waals surface area contributed by atoms with E-state index in [0.717, 1.165) is 30.1 Å². The van der Waals surface area contributed by atoms with Gasteiger partial charge in [0.1, 0.15) is 0 Å². The fourth-order valence-corrected chi connectivity index (χ4v) is 3.36. The van der Waals surface area contributed by atoms with Crippen LogP contribution in [0.5, 0.6) is 0 Å². The van der Waals surface area contributed by atoms with E-state index in [4.69, 9.17) is 0 Å². The summed E-state index contributed by atoms with van der Waals surface area (Å²) in [6, 6.07) is 7.55. The van der Waals surface area contributed by atoms with Gasteiger partial charge in [0.25, 0.3) is 0 Å². The Balaban J connectivity index is 2.48. The molecular formula is C16H28N4O2S2. The smallest absolute Gasteiger partial charge is 0.215 e. The second-order valence-corrected chi connectivity index (χ2v) is 8.25. The number of rotatable bonds is 10. The summed E-state index contributed by atoms with van der Waals surface area (Å²) in [4.78, 5) is 4.20. The molecule has 0 unspecified atom stereocenters. The molecule has 8 heteroatoms. The Bertz CT molecular complexity index is 618. The number of thioether (sulfide) groups is 1.